The second kappa shape index (κ2) is 6.65. The van der Waals surface area contributed by atoms with Gasteiger partial charge in [-0.2, -0.15) is 4.31 Å². The van der Waals surface area contributed by atoms with E-state index in [0.29, 0.717) is 6.42 Å². The largest absolute Gasteiger partial charge is 0.336 e. The van der Waals surface area contributed by atoms with Crippen molar-refractivity contribution in [1.82, 2.24) is 14.2 Å². The minimum atomic E-state index is -3.51. The van der Waals surface area contributed by atoms with Gasteiger partial charge in [-0.25, -0.2) is 16.8 Å². The summed E-state index contributed by atoms with van der Waals surface area (Å²) in [5, 5.41) is 0. The Morgan fingerprint density at radius 1 is 1.20 bits per heavy atom. The summed E-state index contributed by atoms with van der Waals surface area (Å²) in [5.41, 5.74) is 0.980. The van der Waals surface area contributed by atoms with Crippen LogP contribution in [0.5, 0.6) is 0 Å². The Balaban J connectivity index is 1.75. The van der Waals surface area contributed by atoms with Crippen molar-refractivity contribution >= 4 is 25.8 Å². The standard InChI is InChI=1S/C15H21N3O5S2/c1-24(20,21)18-9-8-17(13-10-25(22,23)11-14(13)18)15(19)3-2-12-4-6-16-7-5-12/h4-7,13-14H,2-3,8-11H2,1H3/t13-,14+/m0/s1. The maximum absolute atomic E-state index is 12.6. The van der Waals surface area contributed by atoms with E-state index in [9.17, 15) is 21.6 Å². The number of aromatic nitrogens is 1. The Morgan fingerprint density at radius 3 is 2.48 bits per heavy atom. The van der Waals surface area contributed by atoms with Crippen molar-refractivity contribution in [2.45, 2.75) is 24.9 Å². The lowest BCUT2D eigenvalue weighted by Crippen LogP contribution is -2.61. The number of hydrogen-bond acceptors (Lipinski definition) is 6. The predicted molar refractivity (Wildman–Crippen MR) is 92.1 cm³/mol. The first kappa shape index (κ1) is 18.3. The lowest BCUT2D eigenvalue weighted by atomic mass is 10.1. The lowest BCUT2D eigenvalue weighted by molar-refractivity contribution is -0.135. The number of carbonyl (C=O) groups is 1. The van der Waals surface area contributed by atoms with Gasteiger partial charge in [-0.1, -0.05) is 0 Å². The van der Waals surface area contributed by atoms with Gasteiger partial charge in [0.05, 0.1) is 29.8 Å². The molecule has 0 bridgehead atoms. The molecule has 0 spiro atoms. The number of sulfonamides is 1. The number of aryl methyl sites for hydroxylation is 1. The maximum atomic E-state index is 12.6. The van der Waals surface area contributed by atoms with E-state index in [4.69, 9.17) is 0 Å². The summed E-state index contributed by atoms with van der Waals surface area (Å²) in [6.45, 7) is 0.357. The van der Waals surface area contributed by atoms with E-state index < -0.39 is 31.9 Å². The van der Waals surface area contributed by atoms with Gasteiger partial charge in [0.25, 0.3) is 0 Å². The van der Waals surface area contributed by atoms with Crippen LogP contribution >= 0.6 is 0 Å². The molecular weight excluding hydrogens is 366 g/mol. The highest BCUT2D eigenvalue weighted by Crippen LogP contribution is 2.29. The zero-order chi connectivity index (χ0) is 18.2. The smallest absolute Gasteiger partial charge is 0.223 e. The highest BCUT2D eigenvalue weighted by molar-refractivity contribution is 7.92. The maximum Gasteiger partial charge on any atom is 0.223 e. The van der Waals surface area contributed by atoms with Crippen LogP contribution in [0.4, 0.5) is 0 Å². The first-order valence-corrected chi connectivity index (χ1v) is 11.7. The van der Waals surface area contributed by atoms with Crippen LogP contribution in [-0.2, 0) is 31.1 Å². The highest BCUT2D eigenvalue weighted by Gasteiger charge is 2.50. The molecule has 25 heavy (non-hydrogen) atoms. The van der Waals surface area contributed by atoms with Gasteiger partial charge in [-0.15, -0.1) is 0 Å². The van der Waals surface area contributed by atoms with Crippen LogP contribution in [0.2, 0.25) is 0 Å². The molecule has 1 aromatic rings. The average Bonchev–Trinajstić information content (AvgIpc) is 2.86. The van der Waals surface area contributed by atoms with Gasteiger partial charge in [0, 0.05) is 31.9 Å². The van der Waals surface area contributed by atoms with Crippen LogP contribution in [0.3, 0.4) is 0 Å². The molecule has 0 saturated carbocycles. The molecule has 0 aliphatic carbocycles. The molecule has 2 atom stereocenters. The molecule has 10 heteroatoms. The van der Waals surface area contributed by atoms with Gasteiger partial charge in [0.2, 0.25) is 15.9 Å². The van der Waals surface area contributed by atoms with Crippen LogP contribution in [0.15, 0.2) is 24.5 Å². The van der Waals surface area contributed by atoms with Crippen LogP contribution in [0.1, 0.15) is 12.0 Å². The second-order valence-corrected chi connectivity index (χ2v) is 10.6. The topological polar surface area (TPSA) is 105 Å². The fraction of sp³-hybridized carbons (Fsp3) is 0.600. The van der Waals surface area contributed by atoms with Crippen molar-refractivity contribution < 1.29 is 21.6 Å². The number of fused-ring (bicyclic) bond motifs is 1. The van der Waals surface area contributed by atoms with Gasteiger partial charge in [-0.3, -0.25) is 9.78 Å². The van der Waals surface area contributed by atoms with Crippen molar-refractivity contribution in [3.63, 3.8) is 0 Å². The summed E-state index contributed by atoms with van der Waals surface area (Å²) in [5.74, 6) is -0.541. The normalized spacial score (nSPS) is 26.4. The van der Waals surface area contributed by atoms with E-state index in [-0.39, 0.29) is 36.9 Å². The Hall–Kier alpha value is -1.52. The summed E-state index contributed by atoms with van der Waals surface area (Å²) in [6.07, 6.45) is 5.19. The first-order valence-electron chi connectivity index (χ1n) is 8.03. The zero-order valence-corrected chi connectivity index (χ0v) is 15.5. The predicted octanol–water partition coefficient (Wildman–Crippen LogP) is -0.716. The van der Waals surface area contributed by atoms with E-state index in [2.05, 4.69) is 4.98 Å². The number of sulfone groups is 1. The van der Waals surface area contributed by atoms with E-state index in [0.717, 1.165) is 11.8 Å². The number of amides is 1. The van der Waals surface area contributed by atoms with Gasteiger partial charge >= 0.3 is 0 Å². The third kappa shape index (κ3) is 4.01. The van der Waals surface area contributed by atoms with Gasteiger partial charge in [-0.05, 0) is 24.1 Å². The Morgan fingerprint density at radius 2 is 1.84 bits per heavy atom. The zero-order valence-electron chi connectivity index (χ0n) is 13.9. The second-order valence-electron chi connectivity index (χ2n) is 6.53. The summed E-state index contributed by atoms with van der Waals surface area (Å²) >= 11 is 0. The van der Waals surface area contributed by atoms with E-state index >= 15 is 0 Å². The molecular formula is C15H21N3O5S2. The average molecular weight is 387 g/mol. The quantitative estimate of drug-likeness (QED) is 0.675. The molecule has 2 aliphatic heterocycles. The number of pyridine rings is 1. The fourth-order valence-corrected chi connectivity index (χ4v) is 6.78. The highest BCUT2D eigenvalue weighted by atomic mass is 32.2. The molecule has 138 valence electrons. The summed E-state index contributed by atoms with van der Waals surface area (Å²) in [4.78, 5) is 18.1. The number of rotatable bonds is 4. The van der Waals surface area contributed by atoms with Crippen molar-refractivity contribution in [1.29, 1.82) is 0 Å². The molecule has 2 fully saturated rings. The van der Waals surface area contributed by atoms with E-state index in [1.165, 1.54) is 4.31 Å². The SMILES string of the molecule is CS(=O)(=O)N1CCN(C(=O)CCc2ccncc2)[C@H]2CS(=O)(=O)C[C@H]21. The summed E-state index contributed by atoms with van der Waals surface area (Å²) in [6, 6.07) is 2.38. The van der Waals surface area contributed by atoms with Gasteiger partial charge in [0.1, 0.15) is 0 Å². The number of hydrogen-bond donors (Lipinski definition) is 0. The summed E-state index contributed by atoms with van der Waals surface area (Å²) < 4.78 is 49.2. The third-order valence-corrected chi connectivity index (χ3v) is 7.75. The van der Waals surface area contributed by atoms with Crippen molar-refractivity contribution in [3.8, 4) is 0 Å². The molecule has 0 aromatic carbocycles. The Bertz CT molecular complexity index is 854. The van der Waals surface area contributed by atoms with Crippen molar-refractivity contribution in [3.05, 3.63) is 30.1 Å². The Kier molecular flexibility index (Phi) is 4.86. The first-order chi connectivity index (χ1) is 11.7. The molecule has 0 radical (unpaired) electrons. The third-order valence-electron chi connectivity index (χ3n) is 4.75. The molecule has 2 aliphatic rings. The minimum Gasteiger partial charge on any atom is -0.336 e. The molecule has 2 saturated heterocycles. The number of carbonyl (C=O) groups excluding carboxylic acids is 1. The Labute approximate surface area is 147 Å². The number of nitrogens with zero attached hydrogens (tertiary/aromatic N) is 3. The number of piperazine rings is 1. The van der Waals surface area contributed by atoms with E-state index in [1.807, 2.05) is 12.1 Å². The van der Waals surface area contributed by atoms with Crippen LogP contribution in [-0.4, -0.2) is 79.9 Å². The van der Waals surface area contributed by atoms with Gasteiger partial charge < -0.3 is 4.90 Å². The van der Waals surface area contributed by atoms with Crippen molar-refractivity contribution in [2.24, 2.45) is 0 Å². The lowest BCUT2D eigenvalue weighted by Gasteiger charge is -2.42. The molecule has 3 rings (SSSR count). The van der Waals surface area contributed by atoms with Gasteiger partial charge in [0.15, 0.2) is 9.84 Å². The molecule has 1 amide bonds. The molecule has 0 unspecified atom stereocenters. The van der Waals surface area contributed by atoms with Crippen molar-refractivity contribution in [2.75, 3.05) is 30.9 Å². The molecule has 0 N–H and O–H groups in total. The molecule has 8 nitrogen and oxygen atoms in total. The van der Waals surface area contributed by atoms with E-state index in [1.54, 1.807) is 17.3 Å². The monoisotopic (exact) mass is 387 g/mol. The van der Waals surface area contributed by atoms with Crippen LogP contribution in [0, 0.1) is 0 Å². The minimum absolute atomic E-state index is 0.135. The van der Waals surface area contributed by atoms with Crippen LogP contribution < -0.4 is 0 Å². The summed E-state index contributed by atoms with van der Waals surface area (Å²) in [7, 11) is -6.87. The molecule has 1 aromatic heterocycles. The van der Waals surface area contributed by atoms with Crippen LogP contribution in [0.25, 0.3) is 0 Å². The molecule has 3 heterocycles. The fourth-order valence-electron chi connectivity index (χ4n) is 3.59.